The van der Waals surface area contributed by atoms with Crippen molar-refractivity contribution in [3.8, 4) is 0 Å². The quantitative estimate of drug-likeness (QED) is 0.601. The molecule has 0 aliphatic rings. The number of nitrogens with one attached hydrogen (secondary N) is 2. The van der Waals surface area contributed by atoms with Crippen molar-refractivity contribution in [2.75, 3.05) is 6.61 Å². The van der Waals surface area contributed by atoms with Gasteiger partial charge in [-0.25, -0.2) is 13.6 Å². The molecule has 2 N–H and O–H groups in total. The predicted molar refractivity (Wildman–Crippen MR) is 53.3 cm³/mol. The molecule has 16 heavy (non-hydrogen) atoms. The summed E-state index contributed by atoms with van der Waals surface area (Å²) in [6.45, 7) is 1.72. The zero-order valence-corrected chi connectivity index (χ0v) is 8.51. The largest absolute Gasteiger partial charge is 0.450 e. The third-order valence-electron chi connectivity index (χ3n) is 1.72. The summed E-state index contributed by atoms with van der Waals surface area (Å²) in [6, 6.07) is 3.36. The van der Waals surface area contributed by atoms with Gasteiger partial charge in [0.1, 0.15) is 5.84 Å². The lowest BCUT2D eigenvalue weighted by Gasteiger charge is -2.07. The molecule has 0 aliphatic carbocycles. The van der Waals surface area contributed by atoms with Crippen molar-refractivity contribution in [1.29, 1.82) is 5.41 Å². The van der Waals surface area contributed by atoms with Crippen LogP contribution in [0.4, 0.5) is 13.6 Å². The third-order valence-corrected chi connectivity index (χ3v) is 1.72. The molecule has 0 aliphatic heterocycles. The Hall–Kier alpha value is -1.98. The van der Waals surface area contributed by atoms with Gasteiger partial charge in [0.25, 0.3) is 0 Å². The molecule has 0 spiro atoms. The number of carbonyl (C=O) groups is 1. The zero-order chi connectivity index (χ0) is 12.1. The molecule has 0 saturated carbocycles. The van der Waals surface area contributed by atoms with E-state index < -0.39 is 23.6 Å². The highest BCUT2D eigenvalue weighted by atomic mass is 19.2. The van der Waals surface area contributed by atoms with Crippen LogP contribution in [0, 0.1) is 17.0 Å². The molecule has 0 heterocycles. The van der Waals surface area contributed by atoms with Gasteiger partial charge in [0.15, 0.2) is 11.6 Å². The van der Waals surface area contributed by atoms with Crippen molar-refractivity contribution in [2.24, 2.45) is 0 Å². The molecule has 0 bridgehead atoms. The number of amides is 1. The second kappa shape index (κ2) is 5.20. The van der Waals surface area contributed by atoms with Crippen LogP contribution < -0.4 is 5.32 Å². The Balaban J connectivity index is 2.81. The molecule has 0 fully saturated rings. The first kappa shape index (κ1) is 12.1. The minimum Gasteiger partial charge on any atom is -0.450 e. The first-order valence-corrected chi connectivity index (χ1v) is 4.53. The van der Waals surface area contributed by atoms with Gasteiger partial charge in [-0.1, -0.05) is 6.07 Å². The van der Waals surface area contributed by atoms with E-state index in [9.17, 15) is 13.6 Å². The molecule has 0 saturated heterocycles. The van der Waals surface area contributed by atoms with E-state index in [1.807, 2.05) is 5.32 Å². The molecule has 1 aromatic rings. The fourth-order valence-electron chi connectivity index (χ4n) is 1.03. The van der Waals surface area contributed by atoms with Gasteiger partial charge in [-0.2, -0.15) is 0 Å². The van der Waals surface area contributed by atoms with Crippen molar-refractivity contribution in [3.05, 3.63) is 35.4 Å². The first-order chi connectivity index (χ1) is 7.56. The smallest absolute Gasteiger partial charge is 0.412 e. The molecule has 0 atom stereocenters. The van der Waals surface area contributed by atoms with Crippen molar-refractivity contribution < 1.29 is 18.3 Å². The number of ether oxygens (including phenoxy) is 1. The normalized spacial score (nSPS) is 9.69. The van der Waals surface area contributed by atoms with Crippen LogP contribution in [0.5, 0.6) is 0 Å². The second-order valence-electron chi connectivity index (χ2n) is 2.82. The predicted octanol–water partition coefficient (Wildman–Crippen LogP) is 2.04. The highest BCUT2D eigenvalue weighted by Crippen LogP contribution is 2.10. The average molecular weight is 228 g/mol. The van der Waals surface area contributed by atoms with Gasteiger partial charge in [0.05, 0.1) is 12.2 Å². The maximum Gasteiger partial charge on any atom is 0.412 e. The Labute approximate surface area is 90.7 Å². The van der Waals surface area contributed by atoms with Crippen LogP contribution in [0.15, 0.2) is 18.2 Å². The lowest BCUT2D eigenvalue weighted by molar-refractivity contribution is 0.158. The number of amidine groups is 1. The summed E-state index contributed by atoms with van der Waals surface area (Å²) >= 11 is 0. The lowest BCUT2D eigenvalue weighted by atomic mass is 10.2. The summed E-state index contributed by atoms with van der Waals surface area (Å²) in [4.78, 5) is 10.9. The summed E-state index contributed by atoms with van der Waals surface area (Å²) in [5.74, 6) is -2.80. The Morgan fingerprint density at radius 1 is 1.50 bits per heavy atom. The van der Waals surface area contributed by atoms with E-state index in [1.54, 1.807) is 6.92 Å². The zero-order valence-electron chi connectivity index (χ0n) is 8.51. The maximum absolute atomic E-state index is 13.2. The van der Waals surface area contributed by atoms with E-state index in [2.05, 4.69) is 4.74 Å². The van der Waals surface area contributed by atoms with Gasteiger partial charge < -0.3 is 4.74 Å². The molecule has 6 heteroatoms. The molecular formula is C10H10F2N2O2. The van der Waals surface area contributed by atoms with E-state index in [4.69, 9.17) is 5.41 Å². The number of halogens is 2. The SMILES string of the molecule is CCOC(=O)NC(=N)c1cccc(F)c1F. The molecule has 1 aromatic carbocycles. The molecule has 1 rings (SSSR count). The van der Waals surface area contributed by atoms with Crippen LogP contribution in [-0.2, 0) is 4.74 Å². The number of rotatable bonds is 2. The molecule has 0 unspecified atom stereocenters. The standard InChI is InChI=1S/C10H10F2N2O2/c1-2-16-10(15)14-9(13)6-4-3-5-7(11)8(6)12/h3-5H,2H2,1H3,(H2,13,14,15). The van der Waals surface area contributed by atoms with Crippen molar-refractivity contribution in [1.82, 2.24) is 5.32 Å². The lowest BCUT2D eigenvalue weighted by Crippen LogP contribution is -2.31. The van der Waals surface area contributed by atoms with Gasteiger partial charge in [0, 0.05) is 0 Å². The summed E-state index contributed by atoms with van der Waals surface area (Å²) in [6.07, 6.45) is -0.879. The fourth-order valence-corrected chi connectivity index (χ4v) is 1.03. The minimum absolute atomic E-state index is 0.130. The van der Waals surface area contributed by atoms with E-state index in [1.165, 1.54) is 12.1 Å². The molecular weight excluding hydrogens is 218 g/mol. The van der Waals surface area contributed by atoms with Crippen molar-refractivity contribution >= 4 is 11.9 Å². The van der Waals surface area contributed by atoms with Gasteiger partial charge in [-0.3, -0.25) is 10.7 Å². The van der Waals surface area contributed by atoms with Crippen molar-refractivity contribution in [3.63, 3.8) is 0 Å². The van der Waals surface area contributed by atoms with E-state index in [0.29, 0.717) is 0 Å². The summed E-state index contributed by atoms with van der Waals surface area (Å²) in [7, 11) is 0. The van der Waals surface area contributed by atoms with E-state index in [-0.39, 0.29) is 12.2 Å². The number of hydrogen-bond acceptors (Lipinski definition) is 3. The van der Waals surface area contributed by atoms with E-state index in [0.717, 1.165) is 6.07 Å². The van der Waals surface area contributed by atoms with E-state index >= 15 is 0 Å². The number of benzene rings is 1. The van der Waals surface area contributed by atoms with Crippen LogP contribution in [0.2, 0.25) is 0 Å². The van der Waals surface area contributed by atoms with Gasteiger partial charge in [-0.05, 0) is 19.1 Å². The molecule has 4 nitrogen and oxygen atoms in total. The Morgan fingerprint density at radius 2 is 2.19 bits per heavy atom. The Morgan fingerprint density at radius 3 is 2.81 bits per heavy atom. The topological polar surface area (TPSA) is 62.2 Å². The summed E-state index contributed by atoms with van der Waals surface area (Å²) in [5, 5.41) is 9.34. The van der Waals surface area contributed by atoms with Crippen LogP contribution in [-0.4, -0.2) is 18.5 Å². The van der Waals surface area contributed by atoms with Crippen LogP contribution >= 0.6 is 0 Å². The highest BCUT2D eigenvalue weighted by molar-refractivity contribution is 6.04. The highest BCUT2D eigenvalue weighted by Gasteiger charge is 2.14. The minimum atomic E-state index is -1.18. The molecule has 0 aromatic heterocycles. The van der Waals surface area contributed by atoms with Crippen LogP contribution in [0.1, 0.15) is 12.5 Å². The van der Waals surface area contributed by atoms with Gasteiger partial charge in [-0.15, -0.1) is 0 Å². The Bertz CT molecular complexity index is 421. The number of hydrogen-bond donors (Lipinski definition) is 2. The van der Waals surface area contributed by atoms with Crippen molar-refractivity contribution in [2.45, 2.75) is 6.92 Å². The number of alkyl carbamates (subject to hydrolysis) is 1. The molecule has 0 radical (unpaired) electrons. The maximum atomic E-state index is 13.2. The number of carbonyl (C=O) groups excluding carboxylic acids is 1. The third kappa shape index (κ3) is 2.75. The first-order valence-electron chi connectivity index (χ1n) is 4.53. The monoisotopic (exact) mass is 228 g/mol. The van der Waals surface area contributed by atoms with Gasteiger partial charge >= 0.3 is 6.09 Å². The average Bonchev–Trinajstić information content (AvgIpc) is 2.22. The van der Waals surface area contributed by atoms with Gasteiger partial charge in [0.2, 0.25) is 0 Å². The molecule has 1 amide bonds. The second-order valence-corrected chi connectivity index (χ2v) is 2.82. The Kier molecular flexibility index (Phi) is 3.93. The van der Waals surface area contributed by atoms with Crippen LogP contribution in [0.25, 0.3) is 0 Å². The molecule has 86 valence electrons. The fraction of sp³-hybridized carbons (Fsp3) is 0.200. The summed E-state index contributed by atoms with van der Waals surface area (Å²) in [5.41, 5.74) is -0.326. The van der Waals surface area contributed by atoms with Crippen LogP contribution in [0.3, 0.4) is 0 Å². The summed E-state index contributed by atoms with van der Waals surface area (Å²) < 4.78 is 30.5.